The second-order valence-electron chi connectivity index (χ2n) is 3.88. The number of hydrogen-bond donors (Lipinski definition) is 3. The molecule has 0 radical (unpaired) electrons. The highest BCUT2D eigenvalue weighted by molar-refractivity contribution is 5.73. The van der Waals surface area contributed by atoms with Gasteiger partial charge in [-0.25, -0.2) is 14.8 Å². The monoisotopic (exact) mass is 243 g/mol. The number of imidazole rings is 1. The van der Waals surface area contributed by atoms with Crippen LogP contribution in [0.5, 0.6) is 0 Å². The Hall–Kier alpha value is -2.70. The van der Waals surface area contributed by atoms with Gasteiger partial charge in [-0.15, -0.1) is 0 Å². The number of aryl methyl sites for hydroxylation is 1. The molecule has 0 saturated carbocycles. The molecule has 0 aliphatic carbocycles. The summed E-state index contributed by atoms with van der Waals surface area (Å²) in [5, 5.41) is 0. The predicted octanol–water partition coefficient (Wildman–Crippen LogP) is 0.310. The van der Waals surface area contributed by atoms with Crippen molar-refractivity contribution < 1.29 is 0 Å². The van der Waals surface area contributed by atoms with Gasteiger partial charge in [-0.3, -0.25) is 14.8 Å². The highest BCUT2D eigenvalue weighted by Crippen LogP contribution is 2.14. The number of hydrogen-bond acceptors (Lipinski definition) is 4. The Labute approximate surface area is 99.9 Å². The molecule has 18 heavy (non-hydrogen) atoms. The molecule has 0 spiro atoms. The normalized spacial score (nSPS) is 10.9. The summed E-state index contributed by atoms with van der Waals surface area (Å²) in [5.41, 5.74) is 0.833. The number of nitrogens with zero attached hydrogens (tertiary/aromatic N) is 2. The summed E-state index contributed by atoms with van der Waals surface area (Å²) in [6.45, 7) is 1.86. The minimum atomic E-state index is -0.581. The number of fused-ring (bicyclic) bond motifs is 1. The molecule has 3 heterocycles. The van der Waals surface area contributed by atoms with E-state index >= 15 is 0 Å². The zero-order valence-corrected chi connectivity index (χ0v) is 9.44. The molecule has 7 heteroatoms. The van der Waals surface area contributed by atoms with E-state index in [-0.39, 0.29) is 11.2 Å². The molecule has 3 aromatic heterocycles. The molecule has 0 aliphatic heterocycles. The largest absolute Gasteiger partial charge is 0.331 e. The van der Waals surface area contributed by atoms with Crippen LogP contribution in [0, 0.1) is 6.92 Å². The van der Waals surface area contributed by atoms with Gasteiger partial charge in [-0.1, -0.05) is 6.07 Å². The lowest BCUT2D eigenvalue weighted by Gasteiger charge is -1.96. The number of pyridine rings is 1. The van der Waals surface area contributed by atoms with Gasteiger partial charge >= 0.3 is 5.69 Å². The molecule has 0 fully saturated rings. The number of H-pyrrole nitrogens is 3. The highest BCUT2D eigenvalue weighted by atomic mass is 16.2. The zero-order valence-electron chi connectivity index (χ0n) is 9.44. The van der Waals surface area contributed by atoms with Crippen LogP contribution < -0.4 is 11.2 Å². The first-order valence-electron chi connectivity index (χ1n) is 5.30. The summed E-state index contributed by atoms with van der Waals surface area (Å²) in [7, 11) is 0. The Morgan fingerprint density at radius 2 is 1.89 bits per heavy atom. The lowest BCUT2D eigenvalue weighted by Crippen LogP contribution is -2.21. The van der Waals surface area contributed by atoms with E-state index in [9.17, 15) is 9.59 Å². The Kier molecular flexibility index (Phi) is 2.12. The van der Waals surface area contributed by atoms with Crippen molar-refractivity contribution >= 4 is 11.2 Å². The van der Waals surface area contributed by atoms with Crippen molar-refractivity contribution in [1.82, 2.24) is 24.9 Å². The van der Waals surface area contributed by atoms with Crippen LogP contribution in [0.4, 0.5) is 0 Å². The Balaban J connectivity index is 2.29. The average Bonchev–Trinajstić information content (AvgIpc) is 2.73. The van der Waals surface area contributed by atoms with Crippen molar-refractivity contribution in [3.63, 3.8) is 0 Å². The van der Waals surface area contributed by atoms with E-state index in [4.69, 9.17) is 0 Å². The number of rotatable bonds is 1. The standard InChI is InChI=1S/C11H9N5O2/c1-5-3-2-4-6(12-5)8-13-7-9(14-8)15-11(18)16-10(7)17/h2-4H,1H3,(H3,13,14,15,16,17,18). The highest BCUT2D eigenvalue weighted by Gasteiger charge is 2.09. The first-order chi connectivity index (χ1) is 8.63. The van der Waals surface area contributed by atoms with Gasteiger partial charge < -0.3 is 4.98 Å². The summed E-state index contributed by atoms with van der Waals surface area (Å²) in [6, 6.07) is 5.48. The minimum Gasteiger partial charge on any atom is -0.331 e. The molecule has 0 unspecified atom stereocenters. The molecule has 0 bridgehead atoms. The molecular weight excluding hydrogens is 234 g/mol. The molecule has 0 saturated heterocycles. The van der Waals surface area contributed by atoms with Gasteiger partial charge in [0, 0.05) is 5.69 Å². The second kappa shape index (κ2) is 3.66. The van der Waals surface area contributed by atoms with Crippen molar-refractivity contribution in [2.75, 3.05) is 0 Å². The molecule has 0 atom stereocenters. The molecular formula is C11H9N5O2. The minimum absolute atomic E-state index is 0.224. The van der Waals surface area contributed by atoms with Crippen LogP contribution in [0.15, 0.2) is 27.8 Å². The third-order valence-electron chi connectivity index (χ3n) is 2.52. The van der Waals surface area contributed by atoms with E-state index in [1.165, 1.54) is 0 Å². The predicted molar refractivity (Wildman–Crippen MR) is 65.3 cm³/mol. The fraction of sp³-hybridized carbons (Fsp3) is 0.0909. The molecule has 0 amide bonds. The van der Waals surface area contributed by atoms with E-state index in [1.807, 2.05) is 19.1 Å². The van der Waals surface area contributed by atoms with Gasteiger partial charge in [-0.05, 0) is 19.1 Å². The summed E-state index contributed by atoms with van der Waals surface area (Å²) >= 11 is 0. The van der Waals surface area contributed by atoms with Crippen LogP contribution in [0.2, 0.25) is 0 Å². The maximum absolute atomic E-state index is 11.5. The van der Waals surface area contributed by atoms with Crippen molar-refractivity contribution in [2.24, 2.45) is 0 Å². The van der Waals surface area contributed by atoms with Crippen LogP contribution in [0.3, 0.4) is 0 Å². The third kappa shape index (κ3) is 1.61. The van der Waals surface area contributed by atoms with Crippen LogP contribution in [0.25, 0.3) is 22.7 Å². The average molecular weight is 243 g/mol. The van der Waals surface area contributed by atoms with E-state index in [2.05, 4.69) is 24.9 Å². The fourth-order valence-electron chi connectivity index (χ4n) is 1.73. The molecule has 7 nitrogen and oxygen atoms in total. The van der Waals surface area contributed by atoms with Gasteiger partial charge in [0.05, 0.1) is 0 Å². The van der Waals surface area contributed by atoms with Crippen molar-refractivity contribution in [2.45, 2.75) is 6.92 Å². The van der Waals surface area contributed by atoms with E-state index in [1.54, 1.807) is 6.07 Å². The number of nitrogens with one attached hydrogen (secondary N) is 3. The molecule has 3 aromatic rings. The quantitative estimate of drug-likeness (QED) is 0.571. The zero-order chi connectivity index (χ0) is 12.7. The lowest BCUT2D eigenvalue weighted by molar-refractivity contribution is 1.07. The molecule has 3 rings (SSSR count). The topological polar surface area (TPSA) is 107 Å². The number of aromatic amines is 3. The third-order valence-corrected chi connectivity index (χ3v) is 2.52. The van der Waals surface area contributed by atoms with Crippen molar-refractivity contribution in [3.8, 4) is 11.5 Å². The molecule has 3 N–H and O–H groups in total. The van der Waals surface area contributed by atoms with Gasteiger partial charge in [0.1, 0.15) is 11.2 Å². The van der Waals surface area contributed by atoms with E-state index < -0.39 is 11.2 Å². The lowest BCUT2D eigenvalue weighted by atomic mass is 10.3. The second-order valence-corrected chi connectivity index (χ2v) is 3.88. The summed E-state index contributed by atoms with van der Waals surface area (Å²) in [5.74, 6) is 0.445. The Morgan fingerprint density at radius 3 is 2.67 bits per heavy atom. The maximum Gasteiger partial charge on any atom is 0.327 e. The summed E-state index contributed by atoms with van der Waals surface area (Å²) in [6.07, 6.45) is 0. The van der Waals surface area contributed by atoms with Crippen molar-refractivity contribution in [3.05, 3.63) is 44.7 Å². The van der Waals surface area contributed by atoms with E-state index in [0.717, 1.165) is 5.69 Å². The molecule has 90 valence electrons. The van der Waals surface area contributed by atoms with Gasteiger partial charge in [0.15, 0.2) is 11.5 Å². The van der Waals surface area contributed by atoms with Crippen LogP contribution in [-0.4, -0.2) is 24.9 Å². The Morgan fingerprint density at radius 1 is 1.06 bits per heavy atom. The summed E-state index contributed by atoms with van der Waals surface area (Å²) in [4.78, 5) is 38.5. The smallest absolute Gasteiger partial charge is 0.327 e. The molecule has 0 aromatic carbocycles. The van der Waals surface area contributed by atoms with Gasteiger partial charge in [0.25, 0.3) is 5.56 Å². The van der Waals surface area contributed by atoms with Crippen LogP contribution in [-0.2, 0) is 0 Å². The van der Waals surface area contributed by atoms with Crippen LogP contribution >= 0.6 is 0 Å². The number of aromatic nitrogens is 5. The van der Waals surface area contributed by atoms with Gasteiger partial charge in [-0.2, -0.15) is 0 Å². The fourth-order valence-corrected chi connectivity index (χ4v) is 1.73. The van der Waals surface area contributed by atoms with Crippen LogP contribution in [0.1, 0.15) is 5.69 Å². The first-order valence-corrected chi connectivity index (χ1v) is 5.30. The van der Waals surface area contributed by atoms with E-state index in [0.29, 0.717) is 11.5 Å². The first kappa shape index (κ1) is 10.5. The van der Waals surface area contributed by atoms with Crippen molar-refractivity contribution in [1.29, 1.82) is 0 Å². The molecule has 0 aliphatic rings. The summed E-state index contributed by atoms with van der Waals surface area (Å²) < 4.78 is 0. The maximum atomic E-state index is 11.5. The van der Waals surface area contributed by atoms with Gasteiger partial charge in [0.2, 0.25) is 0 Å². The SMILES string of the molecule is Cc1cccc(-c2nc3[nH]c(=O)[nH]c(=O)c3[nH]2)n1. The Bertz CT molecular complexity index is 842.